The van der Waals surface area contributed by atoms with E-state index in [9.17, 15) is 0 Å². The van der Waals surface area contributed by atoms with Gasteiger partial charge in [-0.3, -0.25) is 0 Å². The normalized spacial score (nSPS) is 10.2. The molecular formula is C16H30. The molecule has 0 N–H and O–H groups in total. The average Bonchev–Trinajstić information content (AvgIpc) is 2.25. The van der Waals surface area contributed by atoms with E-state index in [2.05, 4.69) is 32.6 Å². The van der Waals surface area contributed by atoms with Crippen LogP contribution in [0.3, 0.4) is 0 Å². The largest absolute Gasteiger partial charge is 0.103 e. The molecule has 0 amide bonds. The summed E-state index contributed by atoms with van der Waals surface area (Å²) >= 11 is 0. The predicted octanol–water partition coefficient (Wildman–Crippen LogP) is 5.57. The maximum atomic E-state index is 3.25. The molecule has 0 aromatic rings. The Morgan fingerprint density at radius 1 is 0.750 bits per heavy atom. The van der Waals surface area contributed by atoms with Crippen molar-refractivity contribution in [2.45, 2.75) is 85.0 Å². The molecule has 0 atom stereocenters. The Kier molecular flexibility index (Phi) is 12.3. The van der Waals surface area contributed by atoms with Crippen molar-refractivity contribution in [3.05, 3.63) is 0 Å². The van der Waals surface area contributed by atoms with Crippen molar-refractivity contribution in [3.8, 4) is 11.8 Å². The average molecular weight is 222 g/mol. The molecule has 0 aromatic carbocycles. The Hall–Kier alpha value is -0.440. The maximum Gasteiger partial charge on any atom is 0.0146 e. The van der Waals surface area contributed by atoms with Crippen LogP contribution in [-0.2, 0) is 0 Å². The fourth-order valence-electron chi connectivity index (χ4n) is 1.80. The first-order valence-electron chi connectivity index (χ1n) is 7.25. The number of rotatable bonds is 9. The zero-order chi connectivity index (χ0) is 12.1. The van der Waals surface area contributed by atoms with Crippen molar-refractivity contribution in [3.63, 3.8) is 0 Å². The van der Waals surface area contributed by atoms with Gasteiger partial charge >= 0.3 is 0 Å². The minimum absolute atomic E-state index is 0.540. The van der Waals surface area contributed by atoms with Crippen molar-refractivity contribution >= 4 is 0 Å². The lowest BCUT2D eigenvalue weighted by Crippen LogP contribution is -1.81. The van der Waals surface area contributed by atoms with Gasteiger partial charge in [0, 0.05) is 12.3 Å². The molecule has 16 heavy (non-hydrogen) atoms. The van der Waals surface area contributed by atoms with E-state index in [0.717, 1.165) is 6.42 Å². The van der Waals surface area contributed by atoms with Gasteiger partial charge in [-0.1, -0.05) is 72.1 Å². The highest BCUT2D eigenvalue weighted by molar-refractivity contribution is 5.00. The molecule has 0 heteroatoms. The van der Waals surface area contributed by atoms with E-state index in [-0.39, 0.29) is 0 Å². The molecule has 0 saturated heterocycles. The lowest BCUT2D eigenvalue weighted by molar-refractivity contribution is 0.567. The summed E-state index contributed by atoms with van der Waals surface area (Å²) < 4.78 is 0. The van der Waals surface area contributed by atoms with Crippen molar-refractivity contribution in [1.29, 1.82) is 0 Å². The van der Waals surface area contributed by atoms with Crippen molar-refractivity contribution in [1.82, 2.24) is 0 Å². The third-order valence-electron chi connectivity index (χ3n) is 2.80. The lowest BCUT2D eigenvalue weighted by Gasteiger charge is -2.00. The van der Waals surface area contributed by atoms with E-state index < -0.39 is 0 Å². The molecule has 0 aromatic heterocycles. The lowest BCUT2D eigenvalue weighted by atomic mass is 10.1. The molecule has 0 spiro atoms. The summed E-state index contributed by atoms with van der Waals surface area (Å²) in [7, 11) is 0. The molecule has 0 aliphatic rings. The highest BCUT2D eigenvalue weighted by Gasteiger charge is 1.91. The first kappa shape index (κ1) is 15.6. The number of hydrogen-bond donors (Lipinski definition) is 0. The summed E-state index contributed by atoms with van der Waals surface area (Å²) in [6, 6.07) is 0. The molecule has 0 fully saturated rings. The van der Waals surface area contributed by atoms with Gasteiger partial charge in [0.05, 0.1) is 0 Å². The molecule has 0 aliphatic heterocycles. The second kappa shape index (κ2) is 12.6. The van der Waals surface area contributed by atoms with E-state index in [1.807, 2.05) is 0 Å². The zero-order valence-electron chi connectivity index (χ0n) is 11.6. The summed E-state index contributed by atoms with van der Waals surface area (Å²) in [5.41, 5.74) is 0. The van der Waals surface area contributed by atoms with Crippen LogP contribution in [0.5, 0.6) is 0 Å². The van der Waals surface area contributed by atoms with Gasteiger partial charge in [-0.2, -0.15) is 0 Å². The maximum absolute atomic E-state index is 3.25. The van der Waals surface area contributed by atoms with Gasteiger partial charge < -0.3 is 0 Å². The van der Waals surface area contributed by atoms with Crippen molar-refractivity contribution in [2.24, 2.45) is 5.92 Å². The molecule has 0 nitrogen and oxygen atoms in total. The zero-order valence-corrected chi connectivity index (χ0v) is 11.6. The minimum atomic E-state index is 0.540. The van der Waals surface area contributed by atoms with Crippen LogP contribution in [0.1, 0.15) is 85.0 Å². The number of unbranched alkanes of at least 4 members (excludes halogenated alkanes) is 9. The van der Waals surface area contributed by atoms with Crippen LogP contribution < -0.4 is 0 Å². The third-order valence-corrected chi connectivity index (χ3v) is 2.80. The van der Waals surface area contributed by atoms with Crippen LogP contribution in [0.25, 0.3) is 0 Å². The molecule has 0 unspecified atom stereocenters. The molecule has 0 radical (unpaired) electrons. The Labute approximate surface area is 103 Å². The van der Waals surface area contributed by atoms with E-state index >= 15 is 0 Å². The predicted molar refractivity (Wildman–Crippen MR) is 74.5 cm³/mol. The molecule has 0 aliphatic carbocycles. The molecule has 0 saturated carbocycles. The van der Waals surface area contributed by atoms with Crippen LogP contribution in [0.15, 0.2) is 0 Å². The van der Waals surface area contributed by atoms with Gasteiger partial charge in [-0.15, -0.1) is 11.8 Å². The van der Waals surface area contributed by atoms with Gasteiger partial charge in [0.1, 0.15) is 0 Å². The van der Waals surface area contributed by atoms with E-state index in [4.69, 9.17) is 0 Å². The smallest absolute Gasteiger partial charge is 0.0146 e. The Morgan fingerprint density at radius 3 is 1.75 bits per heavy atom. The van der Waals surface area contributed by atoms with Crippen LogP contribution >= 0.6 is 0 Å². The SMILES string of the molecule is CCCCCCCCCCCC#CC(C)C. The van der Waals surface area contributed by atoms with E-state index in [1.54, 1.807) is 0 Å². The van der Waals surface area contributed by atoms with Crippen LogP contribution in [0.2, 0.25) is 0 Å². The Balaban J connectivity index is 3.02. The fraction of sp³-hybridized carbons (Fsp3) is 0.875. The monoisotopic (exact) mass is 222 g/mol. The van der Waals surface area contributed by atoms with E-state index in [0.29, 0.717) is 5.92 Å². The number of hydrogen-bond acceptors (Lipinski definition) is 0. The summed E-state index contributed by atoms with van der Waals surface area (Å²) in [5.74, 6) is 7.01. The summed E-state index contributed by atoms with van der Waals surface area (Å²) in [4.78, 5) is 0. The summed E-state index contributed by atoms with van der Waals surface area (Å²) in [6.07, 6.45) is 13.7. The standard InChI is InChI=1S/C16H30/c1-4-5-6-7-8-9-10-11-12-13-14-15-16(2)3/h16H,4-13H2,1-3H3. The van der Waals surface area contributed by atoms with Crippen LogP contribution in [-0.4, -0.2) is 0 Å². The molecule has 94 valence electrons. The van der Waals surface area contributed by atoms with Gasteiger partial charge in [0.15, 0.2) is 0 Å². The molecule has 0 bridgehead atoms. The minimum Gasteiger partial charge on any atom is -0.103 e. The molecular weight excluding hydrogens is 192 g/mol. The fourth-order valence-corrected chi connectivity index (χ4v) is 1.80. The second-order valence-electron chi connectivity index (χ2n) is 5.05. The van der Waals surface area contributed by atoms with Gasteiger partial charge in [-0.05, 0) is 6.42 Å². The quantitative estimate of drug-likeness (QED) is 0.353. The molecule has 0 heterocycles. The topological polar surface area (TPSA) is 0 Å². The van der Waals surface area contributed by atoms with Gasteiger partial charge in [0.25, 0.3) is 0 Å². The highest BCUT2D eigenvalue weighted by Crippen LogP contribution is 2.10. The first-order chi connectivity index (χ1) is 7.77. The summed E-state index contributed by atoms with van der Waals surface area (Å²) in [6.45, 7) is 6.59. The van der Waals surface area contributed by atoms with Crippen molar-refractivity contribution in [2.75, 3.05) is 0 Å². The second-order valence-corrected chi connectivity index (χ2v) is 5.05. The molecule has 0 rings (SSSR count). The third kappa shape index (κ3) is 13.6. The van der Waals surface area contributed by atoms with Crippen LogP contribution in [0.4, 0.5) is 0 Å². The first-order valence-corrected chi connectivity index (χ1v) is 7.25. The van der Waals surface area contributed by atoms with Gasteiger partial charge in [0.2, 0.25) is 0 Å². The van der Waals surface area contributed by atoms with Crippen LogP contribution in [0, 0.1) is 17.8 Å². The van der Waals surface area contributed by atoms with Gasteiger partial charge in [-0.25, -0.2) is 0 Å². The Bertz CT molecular complexity index is 180. The highest BCUT2D eigenvalue weighted by atomic mass is 14.0. The van der Waals surface area contributed by atoms with E-state index in [1.165, 1.54) is 57.8 Å². The Morgan fingerprint density at radius 2 is 1.25 bits per heavy atom. The summed E-state index contributed by atoms with van der Waals surface area (Å²) in [5, 5.41) is 0. The van der Waals surface area contributed by atoms with Crippen molar-refractivity contribution < 1.29 is 0 Å².